The van der Waals surface area contributed by atoms with Crippen LogP contribution in [0.1, 0.15) is 13.3 Å². The first-order valence-corrected chi connectivity index (χ1v) is 15.6. The third-order valence-corrected chi connectivity index (χ3v) is 6.22. The Kier molecular flexibility index (Phi) is 22.5. The first-order chi connectivity index (χ1) is 24.9. The van der Waals surface area contributed by atoms with Crippen molar-refractivity contribution in [3.05, 3.63) is 0 Å². The highest BCUT2D eigenvalue weighted by molar-refractivity contribution is 5.94. The molecule has 0 aliphatic carbocycles. The van der Waals surface area contributed by atoms with Gasteiger partial charge in [0.05, 0.1) is 32.7 Å². The van der Waals surface area contributed by atoms with Gasteiger partial charge in [0.1, 0.15) is 39.3 Å². The summed E-state index contributed by atoms with van der Waals surface area (Å²) in [5, 5.41) is 43.0. The molecule has 0 atom stereocenters. The fourth-order valence-electron chi connectivity index (χ4n) is 3.72. The zero-order valence-electron chi connectivity index (χ0n) is 29.0. The minimum Gasteiger partial charge on any atom is -0.480 e. The normalized spacial score (nSPS) is 10.1. The van der Waals surface area contributed by atoms with Gasteiger partial charge in [0.25, 0.3) is 0 Å². The van der Waals surface area contributed by atoms with Gasteiger partial charge in [-0.05, 0) is 7.05 Å². The molecule has 0 heterocycles. The van der Waals surface area contributed by atoms with Crippen LogP contribution in [0.5, 0.6) is 0 Å². The maximum Gasteiger partial charge on any atom is 0.323 e. The molecule has 25 nitrogen and oxygen atoms in total. The molecule has 9 amide bonds. The summed E-state index contributed by atoms with van der Waals surface area (Å²) in [4.78, 5) is 144. The fraction of sp³-hybridized carbons (Fsp3) is 0.571. The third kappa shape index (κ3) is 22.8. The van der Waals surface area contributed by atoms with Crippen molar-refractivity contribution >= 4 is 71.1 Å². The number of aliphatic carboxylic acids is 3. The lowest BCUT2D eigenvalue weighted by Crippen LogP contribution is -2.50. The van der Waals surface area contributed by atoms with Crippen LogP contribution in [0.2, 0.25) is 0 Å². The van der Waals surface area contributed by atoms with Crippen LogP contribution in [0.3, 0.4) is 0 Å². The van der Waals surface area contributed by atoms with Crippen molar-refractivity contribution in [2.45, 2.75) is 13.3 Å². The molecule has 0 aliphatic heterocycles. The van der Waals surface area contributed by atoms with Crippen molar-refractivity contribution < 1.29 is 72.9 Å². The summed E-state index contributed by atoms with van der Waals surface area (Å²) in [6, 6.07) is 0. The summed E-state index contributed by atoms with van der Waals surface area (Å²) < 4.78 is 0. The van der Waals surface area contributed by atoms with Crippen molar-refractivity contribution in [2.24, 2.45) is 0 Å². The Morgan fingerprint density at radius 3 is 1.02 bits per heavy atom. The van der Waals surface area contributed by atoms with Gasteiger partial charge in [0, 0.05) is 19.5 Å². The highest BCUT2D eigenvalue weighted by Crippen LogP contribution is 1.93. The summed E-state index contributed by atoms with van der Waals surface area (Å²) in [5.41, 5.74) is 0. The molecule has 0 bridgehead atoms. The molecule has 25 heteroatoms. The maximum atomic E-state index is 12.6. The lowest BCUT2D eigenvalue weighted by molar-refractivity contribution is -0.146. The molecule has 296 valence electrons. The van der Waals surface area contributed by atoms with Gasteiger partial charge in [0.2, 0.25) is 53.2 Å². The number of likely N-dealkylation sites (N-methyl/N-ethyl adjacent to an activating group) is 1. The van der Waals surface area contributed by atoms with Gasteiger partial charge >= 0.3 is 17.9 Å². The van der Waals surface area contributed by atoms with Gasteiger partial charge in [-0.2, -0.15) is 0 Å². The zero-order valence-corrected chi connectivity index (χ0v) is 29.0. The predicted molar refractivity (Wildman–Crippen MR) is 175 cm³/mol. The van der Waals surface area contributed by atoms with Crippen LogP contribution in [0.4, 0.5) is 0 Å². The Hall–Kier alpha value is -6.40. The smallest absolute Gasteiger partial charge is 0.323 e. The molecule has 53 heavy (non-hydrogen) atoms. The second kappa shape index (κ2) is 25.5. The number of carboxylic acid groups (broad SMARTS) is 3. The van der Waals surface area contributed by atoms with Gasteiger partial charge < -0.3 is 67.2 Å². The molecule has 0 spiro atoms. The maximum absolute atomic E-state index is 12.6. The number of carboxylic acids is 3. The third-order valence-electron chi connectivity index (χ3n) is 6.22. The minimum absolute atomic E-state index is 0.112. The van der Waals surface area contributed by atoms with Gasteiger partial charge in [-0.25, -0.2) is 0 Å². The Labute approximate surface area is 301 Å². The van der Waals surface area contributed by atoms with Crippen LogP contribution in [-0.2, 0) is 57.5 Å². The van der Waals surface area contributed by atoms with E-state index in [2.05, 4.69) is 37.2 Å². The van der Waals surface area contributed by atoms with E-state index < -0.39 is 137 Å². The van der Waals surface area contributed by atoms with Crippen molar-refractivity contribution in [1.82, 2.24) is 51.9 Å². The Morgan fingerprint density at radius 2 is 0.698 bits per heavy atom. The summed E-state index contributed by atoms with van der Waals surface area (Å²) in [6.45, 7) is -6.59. The van der Waals surface area contributed by atoms with Crippen molar-refractivity contribution in [3.8, 4) is 0 Å². The molecular weight excluding hydrogens is 716 g/mol. The SMILES string of the molecule is CCC(=O)NCC(=O)NCC(=O)N(CC(=O)O)CC(=O)NCC(=O)NCC(=O)N(CC(=O)O)CC(=O)NCCNC(=O)CN(CC(=O)O)C(=O)CNC. The van der Waals surface area contributed by atoms with E-state index in [1.165, 1.54) is 7.05 Å². The average molecular weight is 761 g/mol. The minimum atomic E-state index is -1.50. The summed E-state index contributed by atoms with van der Waals surface area (Å²) in [7, 11) is 1.45. The number of hydrogen-bond acceptors (Lipinski definition) is 13. The summed E-state index contributed by atoms with van der Waals surface area (Å²) in [5.74, 6) is -11.7. The van der Waals surface area contributed by atoms with E-state index in [1.54, 1.807) is 6.92 Å². The highest BCUT2D eigenvalue weighted by atomic mass is 16.4. The highest BCUT2D eigenvalue weighted by Gasteiger charge is 2.23. The van der Waals surface area contributed by atoms with Crippen LogP contribution in [-0.4, -0.2) is 193 Å². The topological polar surface area (TPSA) is 359 Å². The van der Waals surface area contributed by atoms with Gasteiger partial charge in [-0.1, -0.05) is 6.92 Å². The molecule has 0 aromatic rings. The number of nitrogens with zero attached hydrogens (tertiary/aromatic N) is 3. The van der Waals surface area contributed by atoms with Crippen LogP contribution in [0.15, 0.2) is 0 Å². The van der Waals surface area contributed by atoms with Gasteiger partial charge in [0.15, 0.2) is 0 Å². The number of rotatable bonds is 26. The van der Waals surface area contributed by atoms with Crippen molar-refractivity contribution in [1.29, 1.82) is 0 Å². The lowest BCUT2D eigenvalue weighted by Gasteiger charge is -2.21. The molecule has 0 radical (unpaired) electrons. The van der Waals surface area contributed by atoms with E-state index >= 15 is 0 Å². The van der Waals surface area contributed by atoms with Crippen LogP contribution in [0, 0.1) is 0 Å². The number of hydrogen-bond donors (Lipinski definition) is 10. The van der Waals surface area contributed by atoms with Crippen LogP contribution >= 0.6 is 0 Å². The summed E-state index contributed by atoms with van der Waals surface area (Å²) in [6.07, 6.45) is 0.112. The van der Waals surface area contributed by atoms with E-state index in [0.717, 1.165) is 4.90 Å². The van der Waals surface area contributed by atoms with E-state index in [9.17, 15) is 57.5 Å². The van der Waals surface area contributed by atoms with Gasteiger partial charge in [-0.15, -0.1) is 0 Å². The van der Waals surface area contributed by atoms with Crippen LogP contribution in [0.25, 0.3) is 0 Å². The number of nitrogens with one attached hydrogen (secondary N) is 7. The molecule has 0 aromatic carbocycles. The quantitative estimate of drug-likeness (QED) is 0.0366. The van der Waals surface area contributed by atoms with Gasteiger partial charge in [-0.3, -0.25) is 57.5 Å². The zero-order chi connectivity index (χ0) is 40.5. The van der Waals surface area contributed by atoms with E-state index in [0.29, 0.717) is 9.80 Å². The predicted octanol–water partition coefficient (Wildman–Crippen LogP) is -7.95. The molecule has 0 saturated carbocycles. The number of carbonyl (C=O) groups is 12. The Bertz CT molecular complexity index is 1390. The number of amides is 9. The van der Waals surface area contributed by atoms with Crippen molar-refractivity contribution in [2.75, 3.05) is 92.1 Å². The average Bonchev–Trinajstić information content (AvgIpc) is 3.07. The molecule has 0 saturated heterocycles. The Balaban J connectivity index is 4.85. The molecule has 0 aliphatic rings. The largest absolute Gasteiger partial charge is 0.480 e. The standard InChI is InChI=1S/C28H44N10O15/c1-3-17(39)32-6-18(40)34-10-25(47)38(16-28(52)53)13-22(44)33-7-19(41)35-9-24(46)37(15-27(50)51)12-21(43)31-5-4-30-20(42)11-36(14-26(48)49)23(45)8-29-2/h29H,3-16H2,1-2H3,(H,30,42)(H,31,43)(H,32,39)(H,33,44)(H,34,40)(H,35,41)(H,48,49)(H,50,51)(H,52,53). The molecule has 0 fully saturated rings. The van der Waals surface area contributed by atoms with Crippen LogP contribution < -0.4 is 37.2 Å². The van der Waals surface area contributed by atoms with E-state index in [1.807, 2.05) is 0 Å². The second-order valence-electron chi connectivity index (χ2n) is 10.6. The molecule has 10 N–H and O–H groups in total. The van der Waals surface area contributed by atoms with E-state index in [-0.39, 0.29) is 26.1 Å². The molecular formula is C28H44N10O15. The first-order valence-electron chi connectivity index (χ1n) is 15.6. The lowest BCUT2D eigenvalue weighted by atomic mass is 10.3. The summed E-state index contributed by atoms with van der Waals surface area (Å²) >= 11 is 0. The second-order valence-corrected chi connectivity index (χ2v) is 10.6. The fourth-order valence-corrected chi connectivity index (χ4v) is 3.72. The molecule has 0 unspecified atom stereocenters. The number of carbonyl (C=O) groups excluding carboxylic acids is 9. The van der Waals surface area contributed by atoms with E-state index in [4.69, 9.17) is 15.3 Å². The molecule has 0 rings (SSSR count). The monoisotopic (exact) mass is 760 g/mol. The van der Waals surface area contributed by atoms with Crippen molar-refractivity contribution in [3.63, 3.8) is 0 Å². The Morgan fingerprint density at radius 1 is 0.396 bits per heavy atom. The first kappa shape index (κ1) is 46.6. The molecule has 0 aromatic heterocycles.